The highest BCUT2D eigenvalue weighted by molar-refractivity contribution is 7.89. The molecule has 0 spiro atoms. The Kier molecular flexibility index (Phi) is 4.31. The molecule has 0 bridgehead atoms. The molecule has 0 aliphatic rings. The van der Waals surface area contributed by atoms with Crippen molar-refractivity contribution in [3.8, 4) is 0 Å². The Balaban J connectivity index is 2.16. The summed E-state index contributed by atoms with van der Waals surface area (Å²) < 4.78 is 32.5. The predicted octanol–water partition coefficient (Wildman–Crippen LogP) is 1.64. The molecule has 21 heavy (non-hydrogen) atoms. The molecule has 112 valence electrons. The molecule has 0 aliphatic heterocycles. The van der Waals surface area contributed by atoms with Crippen LogP contribution in [0.2, 0.25) is 5.02 Å². The maximum atomic E-state index is 11.9. The van der Waals surface area contributed by atoms with E-state index in [0.717, 1.165) is 6.07 Å². The maximum absolute atomic E-state index is 11.9. The molecule has 0 radical (unpaired) electrons. The number of rotatable bonds is 4. The van der Waals surface area contributed by atoms with Gasteiger partial charge in [-0.05, 0) is 25.1 Å². The summed E-state index contributed by atoms with van der Waals surface area (Å²) in [5.74, 6) is -0.138. The number of aromatic nitrogens is 1. The van der Waals surface area contributed by atoms with Gasteiger partial charge in [-0.1, -0.05) is 16.8 Å². The largest absolute Gasteiger partial charge is 0.455 e. The lowest BCUT2D eigenvalue weighted by Gasteiger charge is -2.06. The minimum Gasteiger partial charge on any atom is -0.455 e. The first-order valence-corrected chi connectivity index (χ1v) is 7.61. The van der Waals surface area contributed by atoms with Crippen LogP contribution in [0.4, 0.5) is 0 Å². The van der Waals surface area contributed by atoms with E-state index in [1.165, 1.54) is 12.1 Å². The molecule has 1 aromatic heterocycles. The van der Waals surface area contributed by atoms with E-state index < -0.39 is 16.0 Å². The molecule has 7 nitrogen and oxygen atoms in total. The van der Waals surface area contributed by atoms with Crippen molar-refractivity contribution >= 4 is 27.6 Å². The molecular formula is C12H11ClN2O5S. The molecule has 1 aromatic carbocycles. The highest BCUT2D eigenvalue weighted by Gasteiger charge is 2.17. The van der Waals surface area contributed by atoms with Crippen LogP contribution in [0, 0.1) is 6.92 Å². The van der Waals surface area contributed by atoms with E-state index >= 15 is 0 Å². The maximum Gasteiger partial charge on any atom is 0.338 e. The Bertz CT molecular complexity index is 785. The third kappa shape index (κ3) is 3.81. The van der Waals surface area contributed by atoms with Crippen LogP contribution in [-0.4, -0.2) is 19.5 Å². The second-order valence-corrected chi connectivity index (χ2v) is 6.13. The first-order chi connectivity index (χ1) is 9.77. The number of primary sulfonamides is 1. The van der Waals surface area contributed by atoms with Gasteiger partial charge in [-0.15, -0.1) is 0 Å². The highest BCUT2D eigenvalue weighted by Crippen LogP contribution is 2.22. The molecule has 2 aromatic rings. The van der Waals surface area contributed by atoms with E-state index in [2.05, 4.69) is 5.16 Å². The molecule has 0 fully saturated rings. The van der Waals surface area contributed by atoms with E-state index in [-0.39, 0.29) is 22.1 Å². The summed E-state index contributed by atoms with van der Waals surface area (Å²) in [6.07, 6.45) is 0. The Labute approximate surface area is 125 Å². The van der Waals surface area contributed by atoms with Crippen LogP contribution in [0.1, 0.15) is 21.8 Å². The number of aryl methyl sites for hydroxylation is 1. The summed E-state index contributed by atoms with van der Waals surface area (Å²) in [7, 11) is -4.02. The van der Waals surface area contributed by atoms with Gasteiger partial charge in [-0.3, -0.25) is 0 Å². The Hall–Kier alpha value is -1.90. The third-order valence-electron chi connectivity index (χ3n) is 2.50. The number of hydrogen-bond acceptors (Lipinski definition) is 6. The summed E-state index contributed by atoms with van der Waals surface area (Å²) in [5, 5.41) is 8.60. The standard InChI is InChI=1S/C12H11ClN2O5S/c1-7-4-9(15-20-7)6-19-12(16)8-2-3-10(13)11(5-8)21(14,17)18/h2-5H,6H2,1H3,(H2,14,17,18). The van der Waals surface area contributed by atoms with Crippen molar-refractivity contribution in [3.63, 3.8) is 0 Å². The lowest BCUT2D eigenvalue weighted by molar-refractivity contribution is 0.0464. The summed E-state index contributed by atoms with van der Waals surface area (Å²) in [5.41, 5.74) is 0.463. The quantitative estimate of drug-likeness (QED) is 0.853. The van der Waals surface area contributed by atoms with Gasteiger partial charge in [-0.2, -0.15) is 0 Å². The van der Waals surface area contributed by atoms with Crippen LogP contribution < -0.4 is 5.14 Å². The first-order valence-electron chi connectivity index (χ1n) is 5.69. The van der Waals surface area contributed by atoms with Gasteiger partial charge < -0.3 is 9.26 Å². The number of carbonyl (C=O) groups is 1. The molecule has 2 rings (SSSR count). The molecule has 0 unspecified atom stereocenters. The number of halogens is 1. The zero-order valence-corrected chi connectivity index (χ0v) is 12.4. The van der Waals surface area contributed by atoms with Gasteiger partial charge in [0.15, 0.2) is 0 Å². The highest BCUT2D eigenvalue weighted by atomic mass is 35.5. The number of sulfonamides is 1. The van der Waals surface area contributed by atoms with Gasteiger partial charge in [0.05, 0.1) is 10.6 Å². The van der Waals surface area contributed by atoms with Crippen molar-refractivity contribution < 1.29 is 22.5 Å². The second-order valence-electron chi connectivity index (χ2n) is 4.20. The van der Waals surface area contributed by atoms with Crippen LogP contribution in [0.15, 0.2) is 33.7 Å². The summed E-state index contributed by atoms with van der Waals surface area (Å²) >= 11 is 5.73. The number of nitrogens with two attached hydrogens (primary N) is 1. The molecule has 0 saturated heterocycles. The van der Waals surface area contributed by atoms with E-state index in [1.807, 2.05) is 0 Å². The number of ether oxygens (including phenoxy) is 1. The monoisotopic (exact) mass is 330 g/mol. The number of hydrogen-bond donors (Lipinski definition) is 1. The molecule has 1 heterocycles. The number of esters is 1. The number of nitrogens with zero attached hydrogens (tertiary/aromatic N) is 1. The fourth-order valence-corrected chi connectivity index (χ4v) is 2.63. The molecule has 0 amide bonds. The average molecular weight is 331 g/mol. The zero-order valence-electron chi connectivity index (χ0n) is 10.9. The lowest BCUT2D eigenvalue weighted by atomic mass is 10.2. The Morgan fingerprint density at radius 1 is 1.43 bits per heavy atom. The molecule has 0 saturated carbocycles. The topological polar surface area (TPSA) is 112 Å². The van der Waals surface area contributed by atoms with Crippen molar-refractivity contribution in [2.45, 2.75) is 18.4 Å². The fourth-order valence-electron chi connectivity index (χ4n) is 1.56. The van der Waals surface area contributed by atoms with Crippen molar-refractivity contribution in [1.82, 2.24) is 5.16 Å². The van der Waals surface area contributed by atoms with Crippen LogP contribution in [0.5, 0.6) is 0 Å². The second kappa shape index (κ2) is 5.84. The minimum atomic E-state index is -4.02. The molecule has 9 heteroatoms. The van der Waals surface area contributed by atoms with E-state index in [1.54, 1.807) is 13.0 Å². The SMILES string of the molecule is Cc1cc(COC(=O)c2ccc(Cl)c(S(N)(=O)=O)c2)no1. The molecular weight excluding hydrogens is 320 g/mol. The van der Waals surface area contributed by atoms with Gasteiger partial charge in [0, 0.05) is 6.07 Å². The minimum absolute atomic E-state index is 0.0173. The summed E-state index contributed by atoms with van der Waals surface area (Å²) in [6.45, 7) is 1.61. The van der Waals surface area contributed by atoms with Gasteiger partial charge >= 0.3 is 5.97 Å². The summed E-state index contributed by atoms with van der Waals surface area (Å²) in [6, 6.07) is 5.28. The Morgan fingerprint density at radius 2 is 2.14 bits per heavy atom. The van der Waals surface area contributed by atoms with Crippen molar-refractivity contribution in [1.29, 1.82) is 0 Å². The molecule has 0 aliphatic carbocycles. The van der Waals surface area contributed by atoms with E-state index in [0.29, 0.717) is 11.5 Å². The molecule has 0 atom stereocenters. The van der Waals surface area contributed by atoms with Crippen LogP contribution in [0.3, 0.4) is 0 Å². The van der Waals surface area contributed by atoms with Gasteiger partial charge in [0.1, 0.15) is 23.0 Å². The number of carbonyl (C=O) groups excluding carboxylic acids is 1. The van der Waals surface area contributed by atoms with Crippen LogP contribution in [0.25, 0.3) is 0 Å². The van der Waals surface area contributed by atoms with E-state index in [4.69, 9.17) is 26.0 Å². The zero-order chi connectivity index (χ0) is 15.6. The lowest BCUT2D eigenvalue weighted by Crippen LogP contribution is -2.14. The fraction of sp³-hybridized carbons (Fsp3) is 0.167. The van der Waals surface area contributed by atoms with Gasteiger partial charge in [-0.25, -0.2) is 18.4 Å². The van der Waals surface area contributed by atoms with E-state index in [9.17, 15) is 13.2 Å². The van der Waals surface area contributed by atoms with Crippen molar-refractivity contribution in [2.75, 3.05) is 0 Å². The van der Waals surface area contributed by atoms with Gasteiger partial charge in [0.2, 0.25) is 10.0 Å². The van der Waals surface area contributed by atoms with Crippen LogP contribution in [-0.2, 0) is 21.4 Å². The van der Waals surface area contributed by atoms with Crippen LogP contribution >= 0.6 is 11.6 Å². The smallest absolute Gasteiger partial charge is 0.338 e. The van der Waals surface area contributed by atoms with Crippen molar-refractivity contribution in [3.05, 3.63) is 46.3 Å². The number of benzene rings is 1. The third-order valence-corrected chi connectivity index (χ3v) is 3.89. The molecule has 2 N–H and O–H groups in total. The predicted molar refractivity (Wildman–Crippen MR) is 73.2 cm³/mol. The summed E-state index contributed by atoms with van der Waals surface area (Å²) in [4.78, 5) is 11.5. The Morgan fingerprint density at radius 3 is 2.71 bits per heavy atom. The first kappa shape index (κ1) is 15.5. The normalized spacial score (nSPS) is 11.4. The van der Waals surface area contributed by atoms with Gasteiger partial charge in [0.25, 0.3) is 0 Å². The van der Waals surface area contributed by atoms with Crippen molar-refractivity contribution in [2.24, 2.45) is 5.14 Å². The average Bonchev–Trinajstić information content (AvgIpc) is 2.81.